The van der Waals surface area contributed by atoms with Gasteiger partial charge in [0, 0.05) is 12.6 Å². The van der Waals surface area contributed by atoms with Crippen molar-refractivity contribution in [1.29, 1.82) is 0 Å². The van der Waals surface area contributed by atoms with Crippen LogP contribution >= 0.6 is 0 Å². The summed E-state index contributed by atoms with van der Waals surface area (Å²) in [6.07, 6.45) is 0. The molecule has 106 valence electrons. The standard InChI is InChI=1S/C14H10FN3O3/c15-10-3-1-2-9(6-10)8-16-14-17-12-5-4-11(18(19)20)7-13(12)21-14/h1-7H,8H2,(H,16,17). The Morgan fingerprint density at radius 3 is 2.90 bits per heavy atom. The van der Waals surface area contributed by atoms with Gasteiger partial charge >= 0.3 is 0 Å². The van der Waals surface area contributed by atoms with E-state index in [1.165, 1.54) is 30.3 Å². The first-order valence-electron chi connectivity index (χ1n) is 6.15. The molecule has 0 saturated carbocycles. The number of nitro benzene ring substituents is 1. The van der Waals surface area contributed by atoms with E-state index in [0.29, 0.717) is 17.6 Å². The van der Waals surface area contributed by atoms with Gasteiger partial charge in [0.15, 0.2) is 5.58 Å². The van der Waals surface area contributed by atoms with Gasteiger partial charge in [-0.25, -0.2) is 4.39 Å². The quantitative estimate of drug-likeness (QED) is 0.586. The molecular weight excluding hydrogens is 277 g/mol. The van der Waals surface area contributed by atoms with Crippen molar-refractivity contribution in [2.45, 2.75) is 6.54 Å². The van der Waals surface area contributed by atoms with Crippen LogP contribution in [0.1, 0.15) is 5.56 Å². The summed E-state index contributed by atoms with van der Waals surface area (Å²) in [6.45, 7) is 0.340. The maximum atomic E-state index is 13.0. The third-order valence-electron chi connectivity index (χ3n) is 2.92. The molecule has 0 amide bonds. The van der Waals surface area contributed by atoms with E-state index >= 15 is 0 Å². The van der Waals surface area contributed by atoms with Crippen LogP contribution in [-0.4, -0.2) is 9.91 Å². The highest BCUT2D eigenvalue weighted by Crippen LogP contribution is 2.23. The van der Waals surface area contributed by atoms with Gasteiger partial charge in [0.1, 0.15) is 11.3 Å². The average Bonchev–Trinajstić information content (AvgIpc) is 2.87. The second-order valence-electron chi connectivity index (χ2n) is 4.41. The topological polar surface area (TPSA) is 81.2 Å². The Kier molecular flexibility index (Phi) is 3.23. The minimum absolute atomic E-state index is 0.0599. The fraction of sp³-hybridized carbons (Fsp3) is 0.0714. The van der Waals surface area contributed by atoms with E-state index in [9.17, 15) is 14.5 Å². The monoisotopic (exact) mass is 287 g/mol. The predicted octanol–water partition coefficient (Wildman–Crippen LogP) is 3.49. The van der Waals surface area contributed by atoms with Crippen molar-refractivity contribution in [3.8, 4) is 0 Å². The molecule has 0 atom stereocenters. The zero-order valence-corrected chi connectivity index (χ0v) is 10.7. The van der Waals surface area contributed by atoms with Crippen molar-refractivity contribution in [2.75, 3.05) is 5.32 Å². The minimum atomic E-state index is -0.498. The molecular formula is C14H10FN3O3. The number of nitro groups is 1. The van der Waals surface area contributed by atoms with E-state index in [2.05, 4.69) is 10.3 Å². The van der Waals surface area contributed by atoms with Crippen molar-refractivity contribution in [2.24, 2.45) is 0 Å². The Morgan fingerprint density at radius 2 is 2.14 bits per heavy atom. The summed E-state index contributed by atoms with van der Waals surface area (Å²) in [6, 6.07) is 10.6. The van der Waals surface area contributed by atoms with E-state index in [-0.39, 0.29) is 17.5 Å². The van der Waals surface area contributed by atoms with Gasteiger partial charge in [0.25, 0.3) is 11.7 Å². The molecule has 3 aromatic rings. The minimum Gasteiger partial charge on any atom is -0.423 e. The Bertz CT molecular complexity index is 816. The lowest BCUT2D eigenvalue weighted by Crippen LogP contribution is -1.99. The van der Waals surface area contributed by atoms with E-state index in [1.54, 1.807) is 12.1 Å². The lowest BCUT2D eigenvalue weighted by atomic mass is 10.2. The number of hydrogen-bond acceptors (Lipinski definition) is 5. The van der Waals surface area contributed by atoms with Gasteiger partial charge in [-0.2, -0.15) is 4.98 Å². The SMILES string of the molecule is O=[N+]([O-])c1ccc2nc(NCc3cccc(F)c3)oc2c1. The first-order chi connectivity index (χ1) is 10.1. The van der Waals surface area contributed by atoms with Crippen LogP contribution in [0, 0.1) is 15.9 Å². The zero-order valence-electron chi connectivity index (χ0n) is 10.7. The van der Waals surface area contributed by atoms with E-state index in [1.807, 2.05) is 0 Å². The molecule has 1 N–H and O–H groups in total. The molecule has 6 nitrogen and oxygen atoms in total. The molecule has 0 radical (unpaired) electrons. The number of nitrogens with zero attached hydrogens (tertiary/aromatic N) is 2. The number of benzene rings is 2. The summed E-state index contributed by atoms with van der Waals surface area (Å²) in [4.78, 5) is 14.3. The van der Waals surface area contributed by atoms with Crippen LogP contribution in [-0.2, 0) is 6.54 Å². The predicted molar refractivity (Wildman–Crippen MR) is 74.4 cm³/mol. The molecule has 21 heavy (non-hydrogen) atoms. The Hall–Kier alpha value is -2.96. The number of non-ortho nitro benzene ring substituents is 1. The van der Waals surface area contributed by atoms with Gasteiger partial charge < -0.3 is 9.73 Å². The molecule has 0 spiro atoms. The van der Waals surface area contributed by atoms with Gasteiger partial charge in [-0.05, 0) is 23.8 Å². The number of aromatic nitrogens is 1. The highest BCUT2D eigenvalue weighted by molar-refractivity contribution is 5.77. The number of nitrogens with one attached hydrogen (secondary N) is 1. The van der Waals surface area contributed by atoms with E-state index < -0.39 is 4.92 Å². The lowest BCUT2D eigenvalue weighted by molar-refractivity contribution is -0.384. The Balaban J connectivity index is 1.80. The molecule has 0 aliphatic carbocycles. The van der Waals surface area contributed by atoms with Crippen molar-refractivity contribution >= 4 is 22.8 Å². The Labute approximate surface area is 118 Å². The van der Waals surface area contributed by atoms with Crippen LogP contribution < -0.4 is 5.32 Å². The van der Waals surface area contributed by atoms with Crippen LogP contribution in [0.15, 0.2) is 46.9 Å². The molecule has 1 aromatic heterocycles. The molecule has 0 aliphatic rings. The van der Waals surface area contributed by atoms with Crippen molar-refractivity contribution in [1.82, 2.24) is 4.98 Å². The normalized spacial score (nSPS) is 10.7. The van der Waals surface area contributed by atoms with Crippen LogP contribution in [0.5, 0.6) is 0 Å². The van der Waals surface area contributed by atoms with Crippen LogP contribution in [0.2, 0.25) is 0 Å². The largest absolute Gasteiger partial charge is 0.423 e. The maximum absolute atomic E-state index is 13.0. The maximum Gasteiger partial charge on any atom is 0.295 e. The summed E-state index contributed by atoms with van der Waals surface area (Å²) in [7, 11) is 0. The average molecular weight is 287 g/mol. The van der Waals surface area contributed by atoms with E-state index in [4.69, 9.17) is 4.42 Å². The molecule has 0 fully saturated rings. The molecule has 1 heterocycles. The van der Waals surface area contributed by atoms with Gasteiger partial charge in [-0.1, -0.05) is 12.1 Å². The molecule has 3 rings (SSSR count). The number of oxazole rings is 1. The first kappa shape index (κ1) is 13.0. The molecule has 7 heteroatoms. The fourth-order valence-corrected chi connectivity index (χ4v) is 1.93. The highest BCUT2D eigenvalue weighted by Gasteiger charge is 2.11. The highest BCUT2D eigenvalue weighted by atomic mass is 19.1. The van der Waals surface area contributed by atoms with Crippen LogP contribution in [0.3, 0.4) is 0 Å². The van der Waals surface area contributed by atoms with Crippen LogP contribution in [0.25, 0.3) is 11.1 Å². The third-order valence-corrected chi connectivity index (χ3v) is 2.92. The number of hydrogen-bond donors (Lipinski definition) is 1. The summed E-state index contributed by atoms with van der Waals surface area (Å²) in [5.41, 5.74) is 1.52. The fourth-order valence-electron chi connectivity index (χ4n) is 1.93. The number of fused-ring (bicyclic) bond motifs is 1. The van der Waals surface area contributed by atoms with Gasteiger partial charge in [-0.3, -0.25) is 10.1 Å². The molecule has 2 aromatic carbocycles. The molecule has 0 bridgehead atoms. The summed E-state index contributed by atoms with van der Waals surface area (Å²) >= 11 is 0. The first-order valence-corrected chi connectivity index (χ1v) is 6.15. The van der Waals surface area contributed by atoms with E-state index in [0.717, 1.165) is 5.56 Å². The second kappa shape index (κ2) is 5.20. The van der Waals surface area contributed by atoms with Crippen molar-refractivity contribution in [3.63, 3.8) is 0 Å². The van der Waals surface area contributed by atoms with Gasteiger partial charge in [0.05, 0.1) is 11.0 Å². The summed E-state index contributed by atoms with van der Waals surface area (Å²) < 4.78 is 18.4. The number of rotatable bonds is 4. The Morgan fingerprint density at radius 1 is 1.29 bits per heavy atom. The van der Waals surface area contributed by atoms with Crippen molar-refractivity contribution in [3.05, 3.63) is 64.0 Å². The lowest BCUT2D eigenvalue weighted by Gasteiger charge is -2.01. The zero-order chi connectivity index (χ0) is 14.8. The smallest absolute Gasteiger partial charge is 0.295 e. The summed E-state index contributed by atoms with van der Waals surface area (Å²) in [5.74, 6) is -0.317. The molecule has 0 saturated heterocycles. The van der Waals surface area contributed by atoms with Gasteiger partial charge in [0.2, 0.25) is 0 Å². The number of anilines is 1. The number of halogens is 1. The summed E-state index contributed by atoms with van der Waals surface area (Å²) in [5, 5.41) is 13.6. The van der Waals surface area contributed by atoms with Crippen molar-refractivity contribution < 1.29 is 13.7 Å². The molecule has 0 unspecified atom stereocenters. The van der Waals surface area contributed by atoms with Gasteiger partial charge in [-0.15, -0.1) is 0 Å². The second-order valence-corrected chi connectivity index (χ2v) is 4.41. The molecule has 0 aliphatic heterocycles. The third kappa shape index (κ3) is 2.81. The van der Waals surface area contributed by atoms with Crippen LogP contribution in [0.4, 0.5) is 16.1 Å².